The van der Waals surface area contributed by atoms with E-state index < -0.39 is 15.9 Å². The Balaban J connectivity index is 2.27. The molecule has 2 aromatic carbocycles. The minimum absolute atomic E-state index is 0.138. The van der Waals surface area contributed by atoms with E-state index in [4.69, 9.17) is 23.2 Å². The largest absolute Gasteiger partial charge is 0.322 e. The summed E-state index contributed by atoms with van der Waals surface area (Å²) in [5.41, 5.74) is 0.871. The molecule has 0 bridgehead atoms. The lowest BCUT2D eigenvalue weighted by atomic mass is 10.2. The van der Waals surface area contributed by atoms with E-state index in [0.29, 0.717) is 15.2 Å². The molecule has 23 heavy (non-hydrogen) atoms. The van der Waals surface area contributed by atoms with Gasteiger partial charge in [0, 0.05) is 15.8 Å². The first-order valence-corrected chi connectivity index (χ1v) is 9.63. The molecule has 0 aliphatic heterocycles. The highest BCUT2D eigenvalue weighted by molar-refractivity contribution is 9.10. The van der Waals surface area contributed by atoms with Crippen molar-refractivity contribution in [3.8, 4) is 0 Å². The van der Waals surface area contributed by atoms with E-state index >= 15 is 0 Å². The Labute approximate surface area is 152 Å². The Morgan fingerprint density at radius 3 is 2.30 bits per heavy atom. The second kappa shape index (κ2) is 7.09. The summed E-state index contributed by atoms with van der Waals surface area (Å²) in [6.45, 7) is 0. The zero-order valence-corrected chi connectivity index (χ0v) is 15.6. The number of anilines is 2. The Bertz CT molecular complexity index is 872. The van der Waals surface area contributed by atoms with Gasteiger partial charge in [0.15, 0.2) is 0 Å². The summed E-state index contributed by atoms with van der Waals surface area (Å²) >= 11 is 15.2. The maximum atomic E-state index is 12.3. The van der Waals surface area contributed by atoms with Gasteiger partial charge in [-0.3, -0.25) is 9.52 Å². The molecule has 0 aliphatic carbocycles. The van der Waals surface area contributed by atoms with Crippen LogP contribution in [0.2, 0.25) is 10.0 Å². The predicted molar refractivity (Wildman–Crippen MR) is 97.0 cm³/mol. The summed E-state index contributed by atoms with van der Waals surface area (Å²) in [5.74, 6) is -0.481. The minimum atomic E-state index is -3.45. The van der Waals surface area contributed by atoms with Gasteiger partial charge in [-0.25, -0.2) is 8.42 Å². The number of nitrogens with one attached hydrogen (secondary N) is 2. The van der Waals surface area contributed by atoms with E-state index in [-0.39, 0.29) is 16.3 Å². The summed E-state index contributed by atoms with van der Waals surface area (Å²) in [7, 11) is -3.45. The molecule has 5 nitrogen and oxygen atoms in total. The fourth-order valence-corrected chi connectivity index (χ4v) is 2.93. The van der Waals surface area contributed by atoms with Crippen LogP contribution in [-0.2, 0) is 10.0 Å². The van der Waals surface area contributed by atoms with Crippen LogP contribution in [0.3, 0.4) is 0 Å². The Hall–Kier alpha value is -1.28. The topological polar surface area (TPSA) is 75.3 Å². The maximum Gasteiger partial charge on any atom is 0.257 e. The van der Waals surface area contributed by atoms with Gasteiger partial charge in [-0.2, -0.15) is 0 Å². The smallest absolute Gasteiger partial charge is 0.257 e. The first-order valence-electron chi connectivity index (χ1n) is 6.19. The number of carbonyl (C=O) groups is 1. The Morgan fingerprint density at radius 2 is 1.70 bits per heavy atom. The molecular weight excluding hydrogens is 427 g/mol. The minimum Gasteiger partial charge on any atom is -0.322 e. The molecular formula is C14H11BrCl2N2O3S. The van der Waals surface area contributed by atoms with E-state index in [9.17, 15) is 13.2 Å². The number of carbonyl (C=O) groups excluding carboxylic acids is 1. The Kier molecular flexibility index (Phi) is 5.57. The molecule has 0 radical (unpaired) electrons. The fourth-order valence-electron chi connectivity index (χ4n) is 1.75. The van der Waals surface area contributed by atoms with Crippen LogP contribution in [0.4, 0.5) is 11.4 Å². The molecule has 0 saturated carbocycles. The van der Waals surface area contributed by atoms with Gasteiger partial charge in [-0.05, 0) is 52.3 Å². The van der Waals surface area contributed by atoms with Gasteiger partial charge in [0.1, 0.15) is 0 Å². The average Bonchev–Trinajstić information content (AvgIpc) is 2.43. The standard InChI is InChI=1S/C14H11BrCl2N2O3S/c1-23(21,22)19-9-3-5-12(16)10(6-9)14(20)18-8-2-4-11(15)13(17)7-8/h2-7,19H,1H3,(H,18,20). The molecule has 0 spiro atoms. The van der Waals surface area contributed by atoms with Crippen LogP contribution in [-0.4, -0.2) is 20.6 Å². The van der Waals surface area contributed by atoms with Crippen LogP contribution in [0, 0.1) is 0 Å². The number of hydrogen-bond donors (Lipinski definition) is 2. The van der Waals surface area contributed by atoms with Crippen molar-refractivity contribution in [2.24, 2.45) is 0 Å². The third kappa shape index (κ3) is 5.10. The zero-order valence-electron chi connectivity index (χ0n) is 11.7. The number of benzene rings is 2. The van der Waals surface area contributed by atoms with Gasteiger partial charge in [-0.1, -0.05) is 23.2 Å². The molecule has 2 rings (SSSR count). The summed E-state index contributed by atoms with van der Waals surface area (Å²) < 4.78 is 25.5. The van der Waals surface area contributed by atoms with Gasteiger partial charge in [0.05, 0.1) is 21.9 Å². The molecule has 0 heterocycles. The van der Waals surface area contributed by atoms with E-state index in [0.717, 1.165) is 6.26 Å². The van der Waals surface area contributed by atoms with Gasteiger partial charge >= 0.3 is 0 Å². The van der Waals surface area contributed by atoms with E-state index in [1.165, 1.54) is 18.2 Å². The van der Waals surface area contributed by atoms with Gasteiger partial charge in [0.2, 0.25) is 10.0 Å². The first-order chi connectivity index (χ1) is 10.7. The normalized spacial score (nSPS) is 11.1. The lowest BCUT2D eigenvalue weighted by Gasteiger charge is -2.10. The zero-order chi connectivity index (χ0) is 17.2. The van der Waals surface area contributed by atoms with E-state index in [1.807, 2.05) is 0 Å². The van der Waals surface area contributed by atoms with Crippen LogP contribution in [0.5, 0.6) is 0 Å². The molecule has 0 aromatic heterocycles. The number of amides is 1. The third-order valence-electron chi connectivity index (χ3n) is 2.69. The van der Waals surface area contributed by atoms with Crippen molar-refractivity contribution < 1.29 is 13.2 Å². The molecule has 9 heteroatoms. The highest BCUT2D eigenvalue weighted by Gasteiger charge is 2.13. The summed E-state index contributed by atoms with van der Waals surface area (Å²) in [6.07, 6.45) is 1.02. The molecule has 0 atom stereocenters. The molecule has 1 amide bonds. The highest BCUT2D eigenvalue weighted by atomic mass is 79.9. The van der Waals surface area contributed by atoms with Crippen molar-refractivity contribution in [1.82, 2.24) is 0 Å². The maximum absolute atomic E-state index is 12.3. The van der Waals surface area contributed by atoms with Crippen molar-refractivity contribution in [2.75, 3.05) is 16.3 Å². The third-order valence-corrected chi connectivity index (χ3v) is 4.86. The average molecular weight is 438 g/mol. The van der Waals surface area contributed by atoms with Crippen LogP contribution in [0.1, 0.15) is 10.4 Å². The quantitative estimate of drug-likeness (QED) is 0.745. The van der Waals surface area contributed by atoms with E-state index in [1.54, 1.807) is 18.2 Å². The summed E-state index contributed by atoms with van der Waals surface area (Å²) in [4.78, 5) is 12.3. The molecule has 2 aromatic rings. The van der Waals surface area contributed by atoms with Crippen molar-refractivity contribution in [1.29, 1.82) is 0 Å². The van der Waals surface area contributed by atoms with Crippen LogP contribution >= 0.6 is 39.1 Å². The summed E-state index contributed by atoms with van der Waals surface area (Å²) in [5, 5.41) is 3.30. The van der Waals surface area contributed by atoms with Crippen molar-refractivity contribution in [3.63, 3.8) is 0 Å². The van der Waals surface area contributed by atoms with Gasteiger partial charge in [-0.15, -0.1) is 0 Å². The number of sulfonamides is 1. The van der Waals surface area contributed by atoms with Crippen LogP contribution < -0.4 is 10.0 Å². The molecule has 0 saturated heterocycles. The molecule has 2 N–H and O–H groups in total. The first kappa shape index (κ1) is 18.1. The number of hydrogen-bond acceptors (Lipinski definition) is 3. The van der Waals surface area contributed by atoms with Crippen molar-refractivity contribution >= 4 is 66.4 Å². The summed E-state index contributed by atoms with van der Waals surface area (Å²) in [6, 6.07) is 9.21. The lowest BCUT2D eigenvalue weighted by Crippen LogP contribution is -2.14. The van der Waals surface area contributed by atoms with Gasteiger partial charge < -0.3 is 5.32 Å². The SMILES string of the molecule is CS(=O)(=O)Nc1ccc(Cl)c(C(=O)Nc2ccc(Br)c(Cl)c2)c1. The second-order valence-corrected chi connectivity index (χ2v) is 8.07. The molecule has 0 unspecified atom stereocenters. The Morgan fingerprint density at radius 1 is 1.04 bits per heavy atom. The molecule has 122 valence electrons. The fraction of sp³-hybridized carbons (Fsp3) is 0.0714. The highest BCUT2D eigenvalue weighted by Crippen LogP contribution is 2.27. The number of halogens is 3. The molecule has 0 aliphatic rings. The van der Waals surface area contributed by atoms with E-state index in [2.05, 4.69) is 26.0 Å². The van der Waals surface area contributed by atoms with Crippen molar-refractivity contribution in [3.05, 3.63) is 56.5 Å². The van der Waals surface area contributed by atoms with Gasteiger partial charge in [0.25, 0.3) is 5.91 Å². The molecule has 0 fully saturated rings. The monoisotopic (exact) mass is 436 g/mol. The second-order valence-electron chi connectivity index (χ2n) is 4.65. The number of rotatable bonds is 4. The lowest BCUT2D eigenvalue weighted by molar-refractivity contribution is 0.102. The van der Waals surface area contributed by atoms with Crippen LogP contribution in [0.15, 0.2) is 40.9 Å². The predicted octanol–water partition coefficient (Wildman–Crippen LogP) is 4.38. The van der Waals surface area contributed by atoms with Crippen LogP contribution in [0.25, 0.3) is 0 Å². The van der Waals surface area contributed by atoms with Crippen molar-refractivity contribution in [2.45, 2.75) is 0 Å².